The van der Waals surface area contributed by atoms with E-state index in [1.54, 1.807) is 46.6 Å². The van der Waals surface area contributed by atoms with Crippen molar-refractivity contribution in [1.29, 1.82) is 0 Å². The fourth-order valence-electron chi connectivity index (χ4n) is 3.08. The molecule has 1 aliphatic heterocycles. The second-order valence-corrected chi connectivity index (χ2v) is 10.6. The van der Waals surface area contributed by atoms with Crippen LogP contribution in [0.1, 0.15) is 11.3 Å². The van der Waals surface area contributed by atoms with Crippen LogP contribution in [0.3, 0.4) is 0 Å². The van der Waals surface area contributed by atoms with Crippen molar-refractivity contribution >= 4 is 38.8 Å². The summed E-state index contributed by atoms with van der Waals surface area (Å²) in [5.74, 6) is 0.0223. The number of nitrogens with one attached hydrogen (secondary N) is 1. The molecule has 1 aromatic carbocycles. The largest absolute Gasteiger partial charge is 0.338 e. The number of carbonyl (C=O) groups is 1. The lowest BCUT2D eigenvalue weighted by Crippen LogP contribution is -2.51. The first kappa shape index (κ1) is 21.1. The second kappa shape index (κ2) is 9.73. The minimum absolute atomic E-state index is 0.0223. The molecule has 0 spiro atoms. The zero-order valence-electron chi connectivity index (χ0n) is 15.5. The number of nitrogens with zero attached hydrogens (tertiary/aromatic N) is 2. The molecule has 0 radical (unpaired) electrons. The lowest BCUT2D eigenvalue weighted by Gasteiger charge is -2.34. The Morgan fingerprint density at radius 3 is 2.43 bits per heavy atom. The Hall–Kier alpha value is -1.61. The van der Waals surface area contributed by atoms with Crippen molar-refractivity contribution in [3.05, 3.63) is 51.7 Å². The van der Waals surface area contributed by atoms with Crippen molar-refractivity contribution in [1.82, 2.24) is 15.1 Å². The highest BCUT2D eigenvalue weighted by Crippen LogP contribution is 2.23. The van der Waals surface area contributed by atoms with E-state index in [0.29, 0.717) is 31.0 Å². The molecule has 6 nitrogen and oxygen atoms in total. The van der Waals surface area contributed by atoms with Crippen LogP contribution in [-0.2, 0) is 16.4 Å². The van der Waals surface area contributed by atoms with Crippen molar-refractivity contribution in [3.63, 3.8) is 0 Å². The number of urea groups is 1. The second-order valence-electron chi connectivity index (χ2n) is 6.69. The van der Waals surface area contributed by atoms with E-state index in [0.717, 1.165) is 24.0 Å². The van der Waals surface area contributed by atoms with Gasteiger partial charge in [0.15, 0.2) is 9.84 Å². The average molecular weight is 442 g/mol. The van der Waals surface area contributed by atoms with Gasteiger partial charge in [-0.05, 0) is 30.7 Å². The van der Waals surface area contributed by atoms with Gasteiger partial charge in [-0.3, -0.25) is 4.90 Å². The molecule has 1 aliphatic rings. The van der Waals surface area contributed by atoms with Gasteiger partial charge in [-0.1, -0.05) is 29.8 Å². The molecule has 0 unspecified atom stereocenters. The molecule has 2 amide bonds. The summed E-state index contributed by atoms with van der Waals surface area (Å²) in [5.41, 5.74) is 0. The van der Waals surface area contributed by atoms with Gasteiger partial charge in [0.1, 0.15) is 0 Å². The first-order chi connectivity index (χ1) is 13.4. The van der Waals surface area contributed by atoms with Crippen LogP contribution in [0.2, 0.25) is 4.34 Å². The van der Waals surface area contributed by atoms with Gasteiger partial charge in [-0.2, -0.15) is 0 Å². The zero-order chi connectivity index (χ0) is 20.0. The molecule has 0 aliphatic carbocycles. The molecule has 0 bridgehead atoms. The Bertz CT molecular complexity index is 879. The number of halogens is 1. The SMILES string of the molecule is O=C(NCCCS(=O)(=O)c1ccccc1)N1CCN(Cc2ccc(Cl)s2)CC1. The molecule has 0 atom stereocenters. The molecule has 1 N–H and O–H groups in total. The van der Waals surface area contributed by atoms with Gasteiger partial charge in [0.25, 0.3) is 0 Å². The summed E-state index contributed by atoms with van der Waals surface area (Å²) in [6.45, 7) is 4.14. The highest BCUT2D eigenvalue weighted by molar-refractivity contribution is 7.91. The molecule has 1 aromatic heterocycles. The van der Waals surface area contributed by atoms with Crippen LogP contribution >= 0.6 is 22.9 Å². The first-order valence-corrected chi connectivity index (χ1v) is 12.1. The average Bonchev–Trinajstić information content (AvgIpc) is 3.11. The molecule has 0 saturated carbocycles. The predicted octanol–water partition coefficient (Wildman–Crippen LogP) is 3.09. The molecule has 28 heavy (non-hydrogen) atoms. The Morgan fingerprint density at radius 2 is 1.79 bits per heavy atom. The number of sulfone groups is 1. The highest BCUT2D eigenvalue weighted by atomic mass is 35.5. The van der Waals surface area contributed by atoms with Crippen molar-refractivity contribution in [2.45, 2.75) is 17.9 Å². The number of hydrogen-bond donors (Lipinski definition) is 1. The normalized spacial score (nSPS) is 15.5. The maximum absolute atomic E-state index is 12.3. The van der Waals surface area contributed by atoms with E-state index in [1.165, 1.54) is 4.88 Å². The molecule has 1 fully saturated rings. The maximum atomic E-state index is 12.3. The molecule has 1 saturated heterocycles. The summed E-state index contributed by atoms with van der Waals surface area (Å²) in [7, 11) is -3.30. The van der Waals surface area contributed by atoms with Gasteiger partial charge >= 0.3 is 6.03 Å². The van der Waals surface area contributed by atoms with E-state index in [4.69, 9.17) is 11.6 Å². The highest BCUT2D eigenvalue weighted by Gasteiger charge is 2.21. The Kier molecular flexibility index (Phi) is 7.34. The summed E-state index contributed by atoms with van der Waals surface area (Å²) in [4.78, 5) is 17.9. The van der Waals surface area contributed by atoms with Gasteiger partial charge in [0.05, 0.1) is 15.0 Å². The molecule has 2 aromatic rings. The number of carbonyl (C=O) groups excluding carboxylic acids is 1. The number of benzene rings is 1. The third-order valence-electron chi connectivity index (χ3n) is 4.64. The van der Waals surface area contributed by atoms with E-state index in [1.807, 2.05) is 12.1 Å². The van der Waals surface area contributed by atoms with Crippen LogP contribution in [0, 0.1) is 0 Å². The maximum Gasteiger partial charge on any atom is 0.317 e. The third-order valence-corrected chi connectivity index (χ3v) is 7.67. The Balaban J connectivity index is 1.36. The summed E-state index contributed by atoms with van der Waals surface area (Å²) >= 11 is 7.55. The van der Waals surface area contributed by atoms with Crippen molar-refractivity contribution in [3.8, 4) is 0 Å². The molecule has 152 valence electrons. The number of piperazine rings is 1. The lowest BCUT2D eigenvalue weighted by atomic mass is 10.3. The van der Waals surface area contributed by atoms with E-state index >= 15 is 0 Å². The van der Waals surface area contributed by atoms with Crippen molar-refractivity contribution in [2.75, 3.05) is 38.5 Å². The van der Waals surface area contributed by atoms with E-state index in [9.17, 15) is 13.2 Å². The predicted molar refractivity (Wildman–Crippen MR) is 113 cm³/mol. The summed E-state index contributed by atoms with van der Waals surface area (Å²) < 4.78 is 25.3. The van der Waals surface area contributed by atoms with Crippen LogP contribution in [-0.4, -0.2) is 62.7 Å². The number of thiophene rings is 1. The van der Waals surface area contributed by atoms with Crippen LogP contribution in [0.15, 0.2) is 47.4 Å². The molecular formula is C19H24ClN3O3S2. The Morgan fingerprint density at radius 1 is 1.07 bits per heavy atom. The van der Waals surface area contributed by atoms with Crippen LogP contribution in [0.4, 0.5) is 4.79 Å². The smallest absolute Gasteiger partial charge is 0.317 e. The zero-order valence-corrected chi connectivity index (χ0v) is 17.9. The van der Waals surface area contributed by atoms with Gasteiger partial charge in [0, 0.05) is 44.1 Å². The lowest BCUT2D eigenvalue weighted by molar-refractivity contribution is 0.136. The minimum Gasteiger partial charge on any atom is -0.338 e. The number of amides is 2. The van der Waals surface area contributed by atoms with Crippen LogP contribution in [0.5, 0.6) is 0 Å². The summed E-state index contributed by atoms with van der Waals surface area (Å²) in [6.07, 6.45) is 0.391. The molecular weight excluding hydrogens is 418 g/mol. The van der Waals surface area contributed by atoms with E-state index < -0.39 is 9.84 Å². The van der Waals surface area contributed by atoms with Gasteiger partial charge in [0.2, 0.25) is 0 Å². The van der Waals surface area contributed by atoms with Gasteiger partial charge in [-0.15, -0.1) is 11.3 Å². The monoisotopic (exact) mass is 441 g/mol. The fraction of sp³-hybridized carbons (Fsp3) is 0.421. The minimum atomic E-state index is -3.30. The topological polar surface area (TPSA) is 69.7 Å². The van der Waals surface area contributed by atoms with Crippen molar-refractivity contribution in [2.24, 2.45) is 0 Å². The number of rotatable bonds is 7. The van der Waals surface area contributed by atoms with Crippen LogP contribution < -0.4 is 5.32 Å². The first-order valence-electron chi connectivity index (χ1n) is 9.21. The summed E-state index contributed by atoms with van der Waals surface area (Å²) in [5, 5.41) is 2.83. The Labute approximate surface area is 175 Å². The van der Waals surface area contributed by atoms with E-state index in [2.05, 4.69) is 10.2 Å². The molecule has 2 heterocycles. The summed E-state index contributed by atoms with van der Waals surface area (Å²) in [6, 6.07) is 12.2. The van der Waals surface area contributed by atoms with E-state index in [-0.39, 0.29) is 11.8 Å². The molecule has 9 heteroatoms. The fourth-order valence-corrected chi connectivity index (χ4v) is 5.54. The van der Waals surface area contributed by atoms with Crippen molar-refractivity contribution < 1.29 is 13.2 Å². The number of hydrogen-bond acceptors (Lipinski definition) is 5. The quantitative estimate of drug-likeness (QED) is 0.670. The van der Waals surface area contributed by atoms with Gasteiger partial charge < -0.3 is 10.2 Å². The third kappa shape index (κ3) is 5.94. The van der Waals surface area contributed by atoms with Crippen LogP contribution in [0.25, 0.3) is 0 Å². The molecule has 3 rings (SSSR count). The standard InChI is InChI=1S/C19H24ClN3O3S2/c20-18-8-7-16(27-18)15-22-10-12-23(13-11-22)19(24)21-9-4-14-28(25,26)17-5-2-1-3-6-17/h1-3,5-8H,4,9-15H2,(H,21,24). The van der Waals surface area contributed by atoms with Gasteiger partial charge in [-0.25, -0.2) is 13.2 Å².